The number of nitrogens with one attached hydrogen (secondary N) is 3. The van der Waals surface area contributed by atoms with Crippen LogP contribution >= 0.6 is 0 Å². The van der Waals surface area contributed by atoms with E-state index in [-0.39, 0.29) is 29.1 Å². The minimum absolute atomic E-state index is 0.0513. The number of ether oxygens (including phenoxy) is 1. The van der Waals surface area contributed by atoms with Gasteiger partial charge in [-0.25, -0.2) is 29.1 Å². The number of hydrogen-bond donors (Lipinski definition) is 3. The van der Waals surface area contributed by atoms with Crippen LogP contribution < -0.4 is 16.0 Å². The maximum atomic E-state index is 13.3. The molecule has 0 aliphatic rings. The highest BCUT2D eigenvalue weighted by Crippen LogP contribution is 2.27. The molecule has 0 saturated carbocycles. The highest BCUT2D eigenvalue weighted by molar-refractivity contribution is 6.16. The maximum absolute atomic E-state index is 13.3. The monoisotopic (exact) mass is 853 g/mol. The highest BCUT2D eigenvalue weighted by atomic mass is 16.5. The molecule has 0 radical (unpaired) electrons. The van der Waals surface area contributed by atoms with Crippen molar-refractivity contribution in [2.24, 2.45) is 0 Å². The van der Waals surface area contributed by atoms with E-state index in [1.54, 1.807) is 83.1 Å². The molecule has 5 heterocycles. The number of benzene rings is 4. The van der Waals surface area contributed by atoms with Crippen molar-refractivity contribution in [2.45, 2.75) is 19.6 Å². The normalized spacial score (nSPS) is 10.8. The number of aromatic nitrogens is 10. The van der Waals surface area contributed by atoms with E-state index in [9.17, 15) is 19.2 Å². The van der Waals surface area contributed by atoms with Crippen LogP contribution in [0.2, 0.25) is 0 Å². The summed E-state index contributed by atoms with van der Waals surface area (Å²) < 4.78 is 10.0. The summed E-state index contributed by atoms with van der Waals surface area (Å²) in [5, 5.41) is 27.7. The number of nitrogens with zero attached hydrogens (tertiary/aromatic N) is 10. The van der Waals surface area contributed by atoms with Crippen LogP contribution in [-0.2, 0) is 24.4 Å². The van der Waals surface area contributed by atoms with E-state index in [4.69, 9.17) is 4.74 Å². The van der Waals surface area contributed by atoms with E-state index in [0.29, 0.717) is 48.7 Å². The number of esters is 1. The summed E-state index contributed by atoms with van der Waals surface area (Å²) in [4.78, 5) is 63.2. The molecule has 4 aromatic carbocycles. The van der Waals surface area contributed by atoms with E-state index < -0.39 is 5.97 Å². The summed E-state index contributed by atoms with van der Waals surface area (Å²) in [7, 11) is 1.27. The van der Waals surface area contributed by atoms with Gasteiger partial charge in [0.1, 0.15) is 0 Å². The molecule has 3 amide bonds. The van der Waals surface area contributed by atoms with Crippen LogP contribution in [0.5, 0.6) is 0 Å². The molecule has 0 aliphatic carbocycles. The van der Waals surface area contributed by atoms with Gasteiger partial charge in [-0.3, -0.25) is 14.4 Å². The van der Waals surface area contributed by atoms with Crippen LogP contribution in [0.4, 0.5) is 11.4 Å². The van der Waals surface area contributed by atoms with Crippen molar-refractivity contribution in [3.8, 4) is 0 Å². The zero-order valence-electron chi connectivity index (χ0n) is 34.3. The minimum atomic E-state index is -0.617. The van der Waals surface area contributed by atoms with Crippen LogP contribution in [-0.4, -0.2) is 86.9 Å². The van der Waals surface area contributed by atoms with Gasteiger partial charge in [0.25, 0.3) is 17.7 Å². The lowest BCUT2D eigenvalue weighted by Gasteiger charge is -2.13. The quantitative estimate of drug-likeness (QED) is 0.120. The van der Waals surface area contributed by atoms with Crippen LogP contribution in [0.3, 0.4) is 0 Å². The number of carbonyl (C=O) groups excluding carboxylic acids is 4. The number of anilines is 2. The average molecular weight is 854 g/mol. The lowest BCUT2D eigenvalue weighted by Crippen LogP contribution is -2.29. The Morgan fingerprint density at radius 3 is 1.59 bits per heavy atom. The van der Waals surface area contributed by atoms with Gasteiger partial charge in [0.05, 0.1) is 50.3 Å². The molecule has 9 rings (SSSR count). The Morgan fingerprint density at radius 2 is 1.09 bits per heavy atom. The topological polar surface area (TPSA) is 219 Å². The molecule has 0 atom stereocenters. The summed E-state index contributed by atoms with van der Waals surface area (Å²) in [5.74, 6) is -1.65. The molecular formula is C46H39N13O5. The summed E-state index contributed by atoms with van der Waals surface area (Å²) >= 11 is 0. The molecule has 0 bridgehead atoms. The fourth-order valence-corrected chi connectivity index (χ4v) is 7.01. The Labute approximate surface area is 365 Å². The van der Waals surface area contributed by atoms with Gasteiger partial charge < -0.3 is 25.3 Å². The third kappa shape index (κ3) is 9.66. The standard InChI is InChI=1S/C25H22N8O2.C21H17N5O3/c34-24(21-8-7-18(16-33-15-12-29-31-33)19-4-1-2-5-20(19)21)30-22-6-3-9-27-23(22)25(35)28-11-14-32-13-10-26-17-32;1-29-21(28)19-18(7-4-10-22-19)24-20(27)17-9-8-14(13-26-12-11-23-25-26)15-5-2-3-6-16(15)17/h1-10,12-13,15,17H,11,14,16H2,(H,28,35)(H,30,34);2-12H,13H2,1H3,(H,24,27). The number of carbonyl (C=O) groups is 4. The van der Waals surface area contributed by atoms with Gasteiger partial charge in [0, 0.05) is 61.4 Å². The van der Waals surface area contributed by atoms with E-state index >= 15 is 0 Å². The molecule has 64 heavy (non-hydrogen) atoms. The molecule has 318 valence electrons. The average Bonchev–Trinajstić information content (AvgIpc) is 4.16. The molecule has 0 spiro atoms. The van der Waals surface area contributed by atoms with Crippen molar-refractivity contribution in [2.75, 3.05) is 24.3 Å². The fraction of sp³-hybridized carbons (Fsp3) is 0.109. The molecule has 0 unspecified atom stereocenters. The second-order valence-corrected chi connectivity index (χ2v) is 14.1. The van der Waals surface area contributed by atoms with Crippen molar-refractivity contribution in [3.05, 3.63) is 187 Å². The van der Waals surface area contributed by atoms with Crippen LogP contribution in [0, 0.1) is 0 Å². The Hall–Kier alpha value is -8.93. The first-order chi connectivity index (χ1) is 31.4. The van der Waals surface area contributed by atoms with Gasteiger partial charge in [-0.2, -0.15) is 0 Å². The number of fused-ring (bicyclic) bond motifs is 2. The second kappa shape index (κ2) is 19.6. The third-order valence-electron chi connectivity index (χ3n) is 10.0. The fourth-order valence-electron chi connectivity index (χ4n) is 7.01. The number of imidazole rings is 1. The molecule has 5 aromatic heterocycles. The first-order valence-electron chi connectivity index (χ1n) is 19.9. The largest absolute Gasteiger partial charge is 0.464 e. The molecular weight excluding hydrogens is 815 g/mol. The summed E-state index contributed by atoms with van der Waals surface area (Å²) in [6.45, 7) is 2.05. The zero-order valence-corrected chi connectivity index (χ0v) is 34.3. The molecule has 18 nitrogen and oxygen atoms in total. The Bertz CT molecular complexity index is 3060. The number of rotatable bonds is 13. The molecule has 0 saturated heterocycles. The van der Waals surface area contributed by atoms with Crippen molar-refractivity contribution >= 4 is 56.6 Å². The number of amides is 3. The number of pyridine rings is 2. The van der Waals surface area contributed by atoms with Gasteiger partial charge >= 0.3 is 5.97 Å². The predicted octanol–water partition coefficient (Wildman–Crippen LogP) is 5.67. The number of methoxy groups -OCH3 is 1. The molecule has 0 aliphatic heterocycles. The predicted molar refractivity (Wildman–Crippen MR) is 236 cm³/mol. The van der Waals surface area contributed by atoms with Gasteiger partial charge in [-0.1, -0.05) is 71.1 Å². The van der Waals surface area contributed by atoms with Crippen LogP contribution in [0.25, 0.3) is 21.5 Å². The summed E-state index contributed by atoms with van der Waals surface area (Å²) in [5.41, 5.74) is 3.85. The molecule has 3 N–H and O–H groups in total. The maximum Gasteiger partial charge on any atom is 0.358 e. The summed E-state index contributed by atoms with van der Waals surface area (Å²) in [6, 6.07) is 29.3. The van der Waals surface area contributed by atoms with Crippen molar-refractivity contribution < 1.29 is 23.9 Å². The van der Waals surface area contributed by atoms with Gasteiger partial charge in [-0.05, 0) is 69.1 Å². The zero-order chi connectivity index (χ0) is 44.3. The Morgan fingerprint density at radius 1 is 0.562 bits per heavy atom. The molecule has 18 heteroatoms. The molecule has 9 aromatic rings. The van der Waals surface area contributed by atoms with Crippen molar-refractivity contribution in [1.82, 2.24) is 54.8 Å². The second-order valence-electron chi connectivity index (χ2n) is 14.1. The van der Waals surface area contributed by atoms with E-state index in [0.717, 1.165) is 32.7 Å². The van der Waals surface area contributed by atoms with Crippen molar-refractivity contribution in [3.63, 3.8) is 0 Å². The SMILES string of the molecule is COC(=O)c1ncccc1NC(=O)c1ccc(Cn2ccnn2)c2ccccc12.O=C(NCCn1ccnc1)c1ncccc1NC(=O)c1ccc(Cn2ccnn2)c2ccccc12. The number of hydrogen-bond acceptors (Lipinski definition) is 12. The first kappa shape index (κ1) is 41.8. The summed E-state index contributed by atoms with van der Waals surface area (Å²) in [6.07, 6.45) is 15.0. The Balaban J connectivity index is 0.000000178. The molecule has 0 fully saturated rings. The minimum Gasteiger partial charge on any atom is -0.464 e. The van der Waals surface area contributed by atoms with Gasteiger partial charge in [0.15, 0.2) is 11.4 Å². The third-order valence-corrected chi connectivity index (χ3v) is 10.0. The lowest BCUT2D eigenvalue weighted by molar-refractivity contribution is 0.0595. The first-order valence-corrected chi connectivity index (χ1v) is 19.9. The van der Waals surface area contributed by atoms with Crippen LogP contribution in [0.1, 0.15) is 52.8 Å². The highest BCUT2D eigenvalue weighted by Gasteiger charge is 2.20. The van der Waals surface area contributed by atoms with Gasteiger partial charge in [0.2, 0.25) is 0 Å². The Kier molecular flexibility index (Phi) is 12.8. The van der Waals surface area contributed by atoms with Crippen LogP contribution in [0.15, 0.2) is 153 Å². The van der Waals surface area contributed by atoms with Gasteiger partial charge in [-0.15, -0.1) is 10.2 Å². The van der Waals surface area contributed by atoms with E-state index in [1.165, 1.54) is 19.5 Å². The van der Waals surface area contributed by atoms with E-state index in [2.05, 4.69) is 51.5 Å². The smallest absolute Gasteiger partial charge is 0.358 e. The van der Waals surface area contributed by atoms with E-state index in [1.807, 2.05) is 71.4 Å². The van der Waals surface area contributed by atoms with Crippen molar-refractivity contribution in [1.29, 1.82) is 0 Å². The lowest BCUT2D eigenvalue weighted by atomic mass is 9.99.